The van der Waals surface area contributed by atoms with Crippen molar-refractivity contribution in [1.29, 1.82) is 0 Å². The van der Waals surface area contributed by atoms with Gasteiger partial charge in [0.25, 0.3) is 5.91 Å². The van der Waals surface area contributed by atoms with Gasteiger partial charge < -0.3 is 15.0 Å². The van der Waals surface area contributed by atoms with Crippen molar-refractivity contribution in [3.05, 3.63) is 100 Å². The van der Waals surface area contributed by atoms with Crippen molar-refractivity contribution in [3.63, 3.8) is 0 Å². The van der Waals surface area contributed by atoms with Gasteiger partial charge in [0.05, 0.1) is 18.4 Å². The largest absolute Gasteiger partial charge is 0.494 e. The van der Waals surface area contributed by atoms with Crippen LogP contribution in [0.1, 0.15) is 52.3 Å². The van der Waals surface area contributed by atoms with Crippen molar-refractivity contribution >= 4 is 35.2 Å². The summed E-state index contributed by atoms with van der Waals surface area (Å²) in [5.74, 6) is 1.23. The van der Waals surface area contributed by atoms with Crippen LogP contribution in [0.3, 0.4) is 0 Å². The number of hydrogen-bond acceptors (Lipinski definition) is 4. The molecule has 2 atom stereocenters. The van der Waals surface area contributed by atoms with Gasteiger partial charge in [0.1, 0.15) is 11.1 Å². The number of ether oxygens (including phenoxy) is 1. The van der Waals surface area contributed by atoms with Gasteiger partial charge in [0.15, 0.2) is 0 Å². The van der Waals surface area contributed by atoms with Crippen LogP contribution in [0, 0.1) is 0 Å². The second kappa shape index (κ2) is 11.0. The molecule has 0 spiro atoms. The Morgan fingerprint density at radius 3 is 2.41 bits per heavy atom. The third-order valence-electron chi connectivity index (χ3n) is 5.73. The summed E-state index contributed by atoms with van der Waals surface area (Å²) in [7, 11) is 0. The summed E-state index contributed by atoms with van der Waals surface area (Å²) in [4.78, 5) is 27.2. The quantitative estimate of drug-likeness (QED) is 0.417. The van der Waals surface area contributed by atoms with Crippen molar-refractivity contribution in [3.8, 4) is 5.75 Å². The molecule has 4 rings (SSSR count). The normalized spacial score (nSPS) is 16.4. The minimum atomic E-state index is -0.138. The molecular formula is C27H27ClN2O3S. The highest BCUT2D eigenvalue weighted by atomic mass is 35.5. The van der Waals surface area contributed by atoms with E-state index in [1.165, 1.54) is 0 Å². The molecule has 0 saturated carbocycles. The Kier molecular flexibility index (Phi) is 7.80. The summed E-state index contributed by atoms with van der Waals surface area (Å²) < 4.78 is 5.48. The molecule has 1 aliphatic heterocycles. The average Bonchev–Trinajstić information content (AvgIpc) is 3.21. The number of thioether (sulfide) groups is 1. The van der Waals surface area contributed by atoms with Crippen LogP contribution in [0.2, 0.25) is 5.02 Å². The summed E-state index contributed by atoms with van der Waals surface area (Å²) in [6.45, 7) is 5.05. The van der Waals surface area contributed by atoms with Crippen LogP contribution in [0.15, 0.2) is 72.8 Å². The standard InChI is InChI=1S/C27H27ClN2O3S/c1-3-33-24-14-10-20(11-15-24)18(2)29-26(32)21-6-8-22(9-7-21)27-30(25(31)17-34-27)16-19-4-12-23(28)13-5-19/h4-15,18,27H,3,16-17H2,1-2H3,(H,29,32). The number of halogens is 1. The first-order valence-electron chi connectivity index (χ1n) is 11.2. The Morgan fingerprint density at radius 1 is 1.09 bits per heavy atom. The lowest BCUT2D eigenvalue weighted by atomic mass is 10.1. The number of benzene rings is 3. The van der Waals surface area contributed by atoms with Crippen LogP contribution in [0.4, 0.5) is 0 Å². The zero-order valence-corrected chi connectivity index (χ0v) is 20.7. The minimum Gasteiger partial charge on any atom is -0.494 e. The molecule has 2 amide bonds. The minimum absolute atomic E-state index is 0.0805. The van der Waals surface area contributed by atoms with Gasteiger partial charge in [0, 0.05) is 17.1 Å². The van der Waals surface area contributed by atoms with E-state index < -0.39 is 0 Å². The molecule has 3 aromatic rings. The van der Waals surface area contributed by atoms with Crippen LogP contribution in [-0.2, 0) is 11.3 Å². The van der Waals surface area contributed by atoms with Gasteiger partial charge in [-0.1, -0.05) is 48.0 Å². The van der Waals surface area contributed by atoms with E-state index in [4.69, 9.17) is 16.3 Å². The first-order chi connectivity index (χ1) is 16.4. The zero-order chi connectivity index (χ0) is 24.1. The summed E-state index contributed by atoms with van der Waals surface area (Å²) in [6.07, 6.45) is 0. The molecule has 0 aromatic heterocycles. The van der Waals surface area contributed by atoms with Gasteiger partial charge in [-0.2, -0.15) is 0 Å². The smallest absolute Gasteiger partial charge is 0.251 e. The second-order valence-corrected chi connectivity index (χ2v) is 9.64. The lowest BCUT2D eigenvalue weighted by molar-refractivity contribution is -0.128. The van der Waals surface area contributed by atoms with Gasteiger partial charge in [-0.05, 0) is 66.9 Å². The number of amides is 2. The van der Waals surface area contributed by atoms with Gasteiger partial charge >= 0.3 is 0 Å². The van der Waals surface area contributed by atoms with E-state index in [0.717, 1.165) is 22.4 Å². The van der Waals surface area contributed by atoms with Gasteiger partial charge in [-0.25, -0.2) is 0 Å². The van der Waals surface area contributed by atoms with Gasteiger partial charge in [-0.15, -0.1) is 11.8 Å². The first kappa shape index (κ1) is 24.2. The predicted molar refractivity (Wildman–Crippen MR) is 137 cm³/mol. The van der Waals surface area contributed by atoms with E-state index in [2.05, 4.69) is 5.32 Å². The number of hydrogen-bond donors (Lipinski definition) is 1. The molecule has 176 valence electrons. The molecule has 0 aliphatic carbocycles. The molecule has 1 fully saturated rings. The van der Waals surface area contributed by atoms with E-state index in [9.17, 15) is 9.59 Å². The van der Waals surface area contributed by atoms with Gasteiger partial charge in [-0.3, -0.25) is 9.59 Å². The fraction of sp³-hybridized carbons (Fsp3) is 0.259. The Hall–Kier alpha value is -2.96. The molecule has 1 N–H and O–H groups in total. The Bertz CT molecular complexity index is 1130. The molecule has 1 aliphatic rings. The maximum Gasteiger partial charge on any atom is 0.251 e. The van der Waals surface area contributed by atoms with E-state index >= 15 is 0 Å². The number of rotatable bonds is 8. The molecule has 0 bridgehead atoms. The number of carbonyl (C=O) groups excluding carboxylic acids is 2. The van der Waals surface area contributed by atoms with Crippen LogP contribution in [0.25, 0.3) is 0 Å². The van der Waals surface area contributed by atoms with Crippen molar-refractivity contribution in [1.82, 2.24) is 10.2 Å². The van der Waals surface area contributed by atoms with E-state index in [1.807, 2.05) is 91.5 Å². The molecule has 1 heterocycles. The zero-order valence-electron chi connectivity index (χ0n) is 19.2. The SMILES string of the molecule is CCOc1ccc(C(C)NC(=O)c2ccc(C3SCC(=O)N3Cc3ccc(Cl)cc3)cc2)cc1. The first-order valence-corrected chi connectivity index (χ1v) is 12.7. The lowest BCUT2D eigenvalue weighted by Crippen LogP contribution is -2.28. The van der Waals surface area contributed by atoms with Crippen molar-refractivity contribution in [2.45, 2.75) is 31.8 Å². The third kappa shape index (κ3) is 5.75. The highest BCUT2D eigenvalue weighted by molar-refractivity contribution is 8.00. The van der Waals surface area contributed by atoms with E-state index in [0.29, 0.717) is 29.5 Å². The van der Waals surface area contributed by atoms with E-state index in [1.54, 1.807) is 11.8 Å². The summed E-state index contributed by atoms with van der Waals surface area (Å²) in [5, 5.41) is 3.64. The second-order valence-electron chi connectivity index (χ2n) is 8.13. The van der Waals surface area contributed by atoms with Gasteiger partial charge in [0.2, 0.25) is 5.91 Å². The fourth-order valence-electron chi connectivity index (χ4n) is 3.87. The topological polar surface area (TPSA) is 58.6 Å². The molecule has 34 heavy (non-hydrogen) atoms. The molecular weight excluding hydrogens is 468 g/mol. The molecule has 7 heteroatoms. The Labute approximate surface area is 209 Å². The maximum atomic E-state index is 12.8. The van der Waals surface area contributed by atoms with E-state index in [-0.39, 0.29) is 23.2 Å². The van der Waals surface area contributed by atoms with Crippen LogP contribution in [0.5, 0.6) is 5.75 Å². The number of carbonyl (C=O) groups is 2. The Balaban J connectivity index is 1.40. The van der Waals surface area contributed by atoms with Crippen LogP contribution in [-0.4, -0.2) is 29.1 Å². The molecule has 2 unspecified atom stereocenters. The summed E-state index contributed by atoms with van der Waals surface area (Å²) in [6, 6.07) is 22.7. The predicted octanol–water partition coefficient (Wildman–Crippen LogP) is 6.00. The lowest BCUT2D eigenvalue weighted by Gasteiger charge is -2.24. The van der Waals surface area contributed by atoms with Crippen molar-refractivity contribution in [2.75, 3.05) is 12.4 Å². The third-order valence-corrected chi connectivity index (χ3v) is 7.24. The molecule has 5 nitrogen and oxygen atoms in total. The fourth-order valence-corrected chi connectivity index (χ4v) is 5.18. The van der Waals surface area contributed by atoms with Crippen molar-refractivity contribution < 1.29 is 14.3 Å². The summed E-state index contributed by atoms with van der Waals surface area (Å²) in [5.41, 5.74) is 3.62. The van der Waals surface area contributed by atoms with Crippen LogP contribution < -0.4 is 10.1 Å². The monoisotopic (exact) mass is 494 g/mol. The average molecular weight is 495 g/mol. The number of nitrogens with zero attached hydrogens (tertiary/aromatic N) is 1. The maximum absolute atomic E-state index is 12.8. The molecule has 3 aromatic carbocycles. The molecule has 0 radical (unpaired) electrons. The van der Waals surface area contributed by atoms with Crippen LogP contribution >= 0.6 is 23.4 Å². The molecule has 1 saturated heterocycles. The van der Waals surface area contributed by atoms with Crippen molar-refractivity contribution in [2.24, 2.45) is 0 Å². The summed E-state index contributed by atoms with van der Waals surface area (Å²) >= 11 is 7.58. The highest BCUT2D eigenvalue weighted by Gasteiger charge is 2.32. The Morgan fingerprint density at radius 2 is 1.76 bits per heavy atom. The highest BCUT2D eigenvalue weighted by Crippen LogP contribution is 2.39. The number of nitrogens with one attached hydrogen (secondary N) is 1.